The van der Waals surface area contributed by atoms with Crippen molar-refractivity contribution in [1.29, 1.82) is 0 Å². The van der Waals surface area contributed by atoms with Crippen molar-refractivity contribution in [1.82, 2.24) is 45.3 Å². The third-order valence-corrected chi connectivity index (χ3v) is 15.4. The van der Waals surface area contributed by atoms with Crippen LogP contribution in [0.2, 0.25) is 0 Å². The van der Waals surface area contributed by atoms with Gasteiger partial charge in [0.05, 0.1) is 6.04 Å². The number of amides is 9. The van der Waals surface area contributed by atoms with Crippen molar-refractivity contribution in [3.63, 3.8) is 0 Å². The highest BCUT2D eigenvalue weighted by Crippen LogP contribution is 2.33. The zero-order valence-electron chi connectivity index (χ0n) is 37.4. The molecule has 0 bridgehead atoms. The smallest absolute Gasteiger partial charge is 0.327 e. The van der Waals surface area contributed by atoms with Gasteiger partial charge in [-0.3, -0.25) is 43.2 Å². The molecule has 10 atom stereocenters. The Morgan fingerprint density at radius 2 is 0.746 bits per heavy atom. The van der Waals surface area contributed by atoms with Gasteiger partial charge in [0, 0.05) is 62.3 Å². The topological polar surface area (TPSA) is 272 Å². The average molecular weight is 1010 g/mol. The Labute approximate surface area is 411 Å². The molecule has 372 valence electrons. The SMILES string of the molecule is N[C@@H](CS)C(=O)N[C@@H](CS)C(=O)N1CCC[C@H]1C(=O)N1CCC[C@H]1C(=O)N1CCC[C@H]1C(=O)N1CCC[C@H]1C(=O)N1CCC[C@H]1C(=O)N1CCC[C@H]1C(=O)N[C@@H](CS)C(=O)N[C@@H](CS)C(=O)O. The van der Waals surface area contributed by atoms with E-state index in [0.717, 1.165) is 0 Å². The highest BCUT2D eigenvalue weighted by molar-refractivity contribution is 7.80. The van der Waals surface area contributed by atoms with E-state index in [1.807, 2.05) is 0 Å². The summed E-state index contributed by atoms with van der Waals surface area (Å²) in [6, 6.07) is -9.64. The van der Waals surface area contributed by atoms with E-state index in [1.165, 1.54) is 29.4 Å². The maximum atomic E-state index is 14.5. The largest absolute Gasteiger partial charge is 0.480 e. The Bertz CT molecular complexity index is 1940. The van der Waals surface area contributed by atoms with Gasteiger partial charge < -0.3 is 56.2 Å². The van der Waals surface area contributed by atoms with E-state index < -0.39 is 95.9 Å². The van der Waals surface area contributed by atoms with Crippen LogP contribution in [0.3, 0.4) is 0 Å². The fraction of sp³-hybridized carbons (Fsp3) is 0.762. The monoisotopic (exact) mass is 1010 g/mol. The number of likely N-dealkylation sites (tertiary alicyclic amines) is 6. The predicted molar refractivity (Wildman–Crippen MR) is 255 cm³/mol. The number of carboxylic acids is 1. The quantitative estimate of drug-likeness (QED) is 0.0686. The average Bonchev–Trinajstić information content (AvgIpc) is 4.19. The second kappa shape index (κ2) is 23.6. The van der Waals surface area contributed by atoms with Crippen LogP contribution in [-0.2, 0) is 47.9 Å². The second-order valence-corrected chi connectivity index (χ2v) is 19.5. The number of carbonyl (C=O) groups excluding carboxylic acids is 9. The standard InChI is InChI=1S/C42H64N10O11S4/c43-23(19-64)33(53)45-25(21-66)36(56)48-14-2-8-28(48)38(58)50-16-4-10-30(50)40(60)52-18-6-12-32(52)41(61)51-17-5-11-31(51)39(59)49-15-3-9-29(49)37(57)47-13-1-7-27(47)35(55)44-24(20-65)34(54)46-26(22-67)42(62)63/h23-32,64-67H,1-22,43H2,(H,44,55)(H,45,53)(H,46,54)(H,62,63)/t23-,24-,25-,26-,27-,28-,29-,30-,31-,32-/m0/s1. The van der Waals surface area contributed by atoms with Crippen LogP contribution in [0.4, 0.5) is 0 Å². The van der Waals surface area contributed by atoms with Crippen LogP contribution in [0.25, 0.3) is 0 Å². The van der Waals surface area contributed by atoms with E-state index in [2.05, 4.69) is 66.5 Å². The van der Waals surface area contributed by atoms with Gasteiger partial charge in [-0.2, -0.15) is 50.5 Å². The summed E-state index contributed by atoms with van der Waals surface area (Å²) in [6.45, 7) is 1.67. The van der Waals surface area contributed by atoms with E-state index in [9.17, 15) is 53.1 Å². The molecular formula is C42H64N10O11S4. The molecule has 6 aliphatic heterocycles. The van der Waals surface area contributed by atoms with Gasteiger partial charge in [-0.1, -0.05) is 0 Å². The van der Waals surface area contributed by atoms with Crippen LogP contribution in [0.1, 0.15) is 77.0 Å². The molecule has 0 saturated carbocycles. The van der Waals surface area contributed by atoms with Crippen LogP contribution >= 0.6 is 50.5 Å². The molecule has 0 unspecified atom stereocenters. The predicted octanol–water partition coefficient (Wildman–Crippen LogP) is -2.48. The van der Waals surface area contributed by atoms with Crippen molar-refractivity contribution in [2.24, 2.45) is 5.73 Å². The molecule has 67 heavy (non-hydrogen) atoms. The maximum absolute atomic E-state index is 14.5. The molecule has 0 radical (unpaired) electrons. The number of rotatable bonds is 17. The number of carboxylic acid groups (broad SMARTS) is 1. The van der Waals surface area contributed by atoms with Gasteiger partial charge in [0.25, 0.3) is 0 Å². The zero-order valence-corrected chi connectivity index (χ0v) is 41.0. The normalized spacial score (nSPS) is 26.9. The molecule has 6 heterocycles. The van der Waals surface area contributed by atoms with Crippen LogP contribution in [-0.4, -0.2) is 216 Å². The van der Waals surface area contributed by atoms with Crippen LogP contribution in [0.5, 0.6) is 0 Å². The first kappa shape index (κ1) is 52.4. The minimum Gasteiger partial charge on any atom is -0.480 e. The summed E-state index contributed by atoms with van der Waals surface area (Å²) in [5.41, 5.74) is 5.80. The third kappa shape index (κ3) is 11.4. The summed E-state index contributed by atoms with van der Waals surface area (Å²) in [6.07, 6.45) is 5.35. The summed E-state index contributed by atoms with van der Waals surface area (Å²) < 4.78 is 0. The summed E-state index contributed by atoms with van der Waals surface area (Å²) in [5, 5.41) is 16.9. The molecular weight excluding hydrogens is 949 g/mol. The van der Waals surface area contributed by atoms with Crippen LogP contribution in [0, 0.1) is 0 Å². The molecule has 21 nitrogen and oxygen atoms in total. The van der Waals surface area contributed by atoms with Gasteiger partial charge in [-0.15, -0.1) is 0 Å². The number of carbonyl (C=O) groups is 10. The number of thiol groups is 4. The molecule has 6 fully saturated rings. The Kier molecular flexibility index (Phi) is 18.5. The van der Waals surface area contributed by atoms with Crippen molar-refractivity contribution in [2.45, 2.75) is 137 Å². The molecule has 6 N–H and O–H groups in total. The Morgan fingerprint density at radius 3 is 1.09 bits per heavy atom. The van der Waals surface area contributed by atoms with Gasteiger partial charge >= 0.3 is 5.97 Å². The molecule has 9 amide bonds. The van der Waals surface area contributed by atoms with Gasteiger partial charge in [0.1, 0.15) is 54.4 Å². The Hall–Kier alpha value is -3.94. The van der Waals surface area contributed by atoms with Crippen molar-refractivity contribution in [3.8, 4) is 0 Å². The Morgan fingerprint density at radius 1 is 0.433 bits per heavy atom. The minimum atomic E-state index is -1.29. The van der Waals surface area contributed by atoms with E-state index in [-0.39, 0.29) is 79.4 Å². The molecule has 6 rings (SSSR count). The van der Waals surface area contributed by atoms with Gasteiger partial charge in [0.15, 0.2) is 0 Å². The number of nitrogens with zero attached hydrogens (tertiary/aromatic N) is 6. The third-order valence-electron chi connectivity index (χ3n) is 13.9. The number of hydrogen-bond acceptors (Lipinski definition) is 15. The molecule has 0 aromatic heterocycles. The maximum Gasteiger partial charge on any atom is 0.327 e. The van der Waals surface area contributed by atoms with E-state index in [4.69, 9.17) is 5.73 Å². The Balaban J connectivity index is 1.08. The van der Waals surface area contributed by atoms with Crippen molar-refractivity contribution < 1.29 is 53.1 Å². The first-order valence-corrected chi connectivity index (χ1v) is 25.8. The summed E-state index contributed by atoms with van der Waals surface area (Å²) >= 11 is 16.5. The molecule has 0 aromatic carbocycles. The summed E-state index contributed by atoms with van der Waals surface area (Å²) in [7, 11) is 0. The van der Waals surface area contributed by atoms with Gasteiger partial charge in [-0.05, 0) is 77.0 Å². The molecule has 0 aliphatic carbocycles. The fourth-order valence-corrected chi connectivity index (χ4v) is 11.3. The lowest BCUT2D eigenvalue weighted by Gasteiger charge is -2.37. The summed E-state index contributed by atoms with van der Waals surface area (Å²) in [4.78, 5) is 145. The lowest BCUT2D eigenvalue weighted by molar-refractivity contribution is -0.154. The van der Waals surface area contributed by atoms with Crippen molar-refractivity contribution in [3.05, 3.63) is 0 Å². The highest BCUT2D eigenvalue weighted by Gasteiger charge is 2.50. The van der Waals surface area contributed by atoms with Gasteiger partial charge in [0.2, 0.25) is 53.2 Å². The number of aliphatic carboxylic acids is 1. The second-order valence-electron chi connectivity index (χ2n) is 18.0. The lowest BCUT2D eigenvalue weighted by Crippen LogP contribution is -2.59. The van der Waals surface area contributed by atoms with Crippen LogP contribution in [0.15, 0.2) is 0 Å². The van der Waals surface area contributed by atoms with Crippen molar-refractivity contribution >= 4 is 110 Å². The number of nitrogens with two attached hydrogens (primary N) is 1. The van der Waals surface area contributed by atoms with Crippen LogP contribution < -0.4 is 21.7 Å². The first-order chi connectivity index (χ1) is 32.1. The molecule has 0 spiro atoms. The number of nitrogens with one attached hydrogen (secondary N) is 3. The van der Waals surface area contributed by atoms with E-state index in [1.54, 1.807) is 0 Å². The van der Waals surface area contributed by atoms with Gasteiger partial charge in [-0.25, -0.2) is 4.79 Å². The molecule has 0 aromatic rings. The highest BCUT2D eigenvalue weighted by atomic mass is 32.1. The van der Waals surface area contributed by atoms with E-state index >= 15 is 0 Å². The van der Waals surface area contributed by atoms with Crippen molar-refractivity contribution in [2.75, 3.05) is 62.3 Å². The fourth-order valence-electron chi connectivity index (χ4n) is 10.4. The number of hydrogen-bond donors (Lipinski definition) is 9. The molecule has 25 heteroatoms. The van der Waals surface area contributed by atoms with E-state index in [0.29, 0.717) is 83.6 Å². The lowest BCUT2D eigenvalue weighted by atomic mass is 10.1. The summed E-state index contributed by atoms with van der Waals surface area (Å²) in [5.74, 6) is -5.83. The molecule has 6 saturated heterocycles. The minimum absolute atomic E-state index is 0.0183. The first-order valence-electron chi connectivity index (χ1n) is 23.2. The zero-order chi connectivity index (χ0) is 48.7. The molecule has 6 aliphatic rings.